The highest BCUT2D eigenvalue weighted by Crippen LogP contribution is 2.55. The molecule has 1 saturated carbocycles. The summed E-state index contributed by atoms with van der Waals surface area (Å²) in [4.78, 5) is 17.5. The second kappa shape index (κ2) is 6.56. The molecule has 0 saturated heterocycles. The number of pyridine rings is 1. The molecular formula is C20H18N6O2. The Morgan fingerprint density at radius 3 is 2.75 bits per heavy atom. The Balaban J connectivity index is 1.60. The maximum Gasteiger partial charge on any atom is 0.319 e. The number of nitrogens with zero attached hydrogens (tertiary/aromatic N) is 6. The largest absolute Gasteiger partial charge is 0.480 e. The number of fused-ring (bicyclic) bond motifs is 1. The van der Waals surface area contributed by atoms with E-state index in [9.17, 15) is 0 Å². The van der Waals surface area contributed by atoms with E-state index in [0.29, 0.717) is 23.3 Å². The molecule has 0 N–H and O–H groups in total. The predicted molar refractivity (Wildman–Crippen MR) is 101 cm³/mol. The molecule has 1 aliphatic rings. The fraction of sp³-hybridized carbons (Fsp3) is 0.250. The minimum Gasteiger partial charge on any atom is -0.480 e. The smallest absolute Gasteiger partial charge is 0.319 e. The van der Waals surface area contributed by atoms with Crippen LogP contribution in [0.1, 0.15) is 29.5 Å². The molecule has 4 heterocycles. The first-order valence-corrected chi connectivity index (χ1v) is 8.99. The molecule has 4 aromatic heterocycles. The maximum absolute atomic E-state index is 5.44. The van der Waals surface area contributed by atoms with E-state index in [1.807, 2.05) is 24.5 Å². The van der Waals surface area contributed by atoms with Crippen LogP contribution in [0, 0.1) is 0 Å². The molecule has 140 valence electrons. The summed E-state index contributed by atoms with van der Waals surface area (Å²) in [6.45, 7) is 0. The molecule has 1 fully saturated rings. The summed E-state index contributed by atoms with van der Waals surface area (Å²) < 4.78 is 12.3. The van der Waals surface area contributed by atoms with Gasteiger partial charge in [0.05, 0.1) is 25.5 Å². The van der Waals surface area contributed by atoms with E-state index in [2.05, 4.69) is 37.2 Å². The summed E-state index contributed by atoms with van der Waals surface area (Å²) >= 11 is 0. The average Bonchev–Trinajstić information content (AvgIpc) is 3.41. The van der Waals surface area contributed by atoms with Gasteiger partial charge >= 0.3 is 6.01 Å². The molecule has 28 heavy (non-hydrogen) atoms. The molecule has 5 rings (SSSR count). The van der Waals surface area contributed by atoms with Crippen LogP contribution in [0.15, 0.2) is 49.1 Å². The van der Waals surface area contributed by atoms with Gasteiger partial charge in [-0.25, -0.2) is 14.5 Å². The number of methoxy groups -OCH3 is 2. The van der Waals surface area contributed by atoms with Crippen LogP contribution in [0.4, 0.5) is 0 Å². The highest BCUT2D eigenvalue weighted by Gasteiger charge is 2.42. The Kier molecular flexibility index (Phi) is 3.89. The van der Waals surface area contributed by atoms with E-state index in [1.165, 1.54) is 7.11 Å². The van der Waals surface area contributed by atoms with Gasteiger partial charge in [0.1, 0.15) is 0 Å². The summed E-state index contributed by atoms with van der Waals surface area (Å²) in [5.41, 5.74) is 4.55. The Morgan fingerprint density at radius 2 is 1.96 bits per heavy atom. The molecule has 0 spiro atoms. The normalized spacial score (nSPS) is 18.2. The van der Waals surface area contributed by atoms with Crippen LogP contribution in [0.3, 0.4) is 0 Å². The van der Waals surface area contributed by atoms with Gasteiger partial charge in [-0.15, -0.1) is 0 Å². The van der Waals surface area contributed by atoms with Crippen LogP contribution in [-0.2, 0) is 0 Å². The van der Waals surface area contributed by atoms with Crippen molar-refractivity contribution in [2.75, 3.05) is 14.2 Å². The van der Waals surface area contributed by atoms with Crippen molar-refractivity contribution in [1.29, 1.82) is 0 Å². The van der Waals surface area contributed by atoms with Gasteiger partial charge in [0.2, 0.25) is 5.88 Å². The summed E-state index contributed by atoms with van der Waals surface area (Å²) in [6, 6.07) is 8.36. The first-order chi connectivity index (χ1) is 13.8. The third kappa shape index (κ3) is 2.74. The van der Waals surface area contributed by atoms with Gasteiger partial charge in [-0.1, -0.05) is 6.07 Å². The molecular weight excluding hydrogens is 356 g/mol. The van der Waals surface area contributed by atoms with Crippen molar-refractivity contribution < 1.29 is 9.47 Å². The number of hydrogen-bond acceptors (Lipinski definition) is 7. The fourth-order valence-electron chi connectivity index (χ4n) is 3.59. The van der Waals surface area contributed by atoms with E-state index in [4.69, 9.17) is 9.47 Å². The number of ether oxygens (including phenoxy) is 2. The van der Waals surface area contributed by atoms with E-state index < -0.39 is 0 Å². The zero-order chi connectivity index (χ0) is 19.1. The number of imidazole rings is 1. The van der Waals surface area contributed by atoms with E-state index in [1.54, 1.807) is 24.0 Å². The third-order valence-corrected chi connectivity index (χ3v) is 5.03. The van der Waals surface area contributed by atoms with E-state index >= 15 is 0 Å². The Morgan fingerprint density at radius 1 is 1.04 bits per heavy atom. The summed E-state index contributed by atoms with van der Waals surface area (Å²) in [5.74, 6) is 1.17. The Bertz CT molecular complexity index is 1140. The molecule has 0 unspecified atom stereocenters. The van der Waals surface area contributed by atoms with Crippen molar-refractivity contribution in [3.8, 4) is 23.1 Å². The topological polar surface area (TPSA) is 87.3 Å². The van der Waals surface area contributed by atoms with Crippen LogP contribution < -0.4 is 9.47 Å². The number of hydrogen-bond donors (Lipinski definition) is 0. The minimum absolute atomic E-state index is 0.252. The fourth-order valence-corrected chi connectivity index (χ4v) is 3.59. The van der Waals surface area contributed by atoms with E-state index in [0.717, 1.165) is 29.0 Å². The Labute approximate surface area is 161 Å². The van der Waals surface area contributed by atoms with Crippen molar-refractivity contribution in [1.82, 2.24) is 29.5 Å². The maximum atomic E-state index is 5.44. The van der Waals surface area contributed by atoms with Crippen molar-refractivity contribution in [2.45, 2.75) is 18.3 Å². The van der Waals surface area contributed by atoms with Gasteiger partial charge in [0.25, 0.3) is 0 Å². The van der Waals surface area contributed by atoms with Gasteiger partial charge in [0.15, 0.2) is 5.65 Å². The quantitative estimate of drug-likeness (QED) is 0.531. The van der Waals surface area contributed by atoms with Crippen molar-refractivity contribution in [2.24, 2.45) is 0 Å². The lowest BCUT2D eigenvalue weighted by atomic mass is 10.1. The molecule has 0 amide bonds. The van der Waals surface area contributed by atoms with Crippen LogP contribution in [-0.4, -0.2) is 43.8 Å². The third-order valence-electron chi connectivity index (χ3n) is 5.03. The molecule has 0 radical (unpaired) electrons. The molecule has 2 atom stereocenters. The number of rotatable bonds is 5. The van der Waals surface area contributed by atoms with Gasteiger partial charge < -0.3 is 9.47 Å². The minimum atomic E-state index is 0.252. The van der Waals surface area contributed by atoms with Crippen molar-refractivity contribution >= 4 is 5.65 Å². The molecule has 4 aromatic rings. The molecule has 8 nitrogen and oxygen atoms in total. The molecule has 0 aromatic carbocycles. The van der Waals surface area contributed by atoms with E-state index in [-0.39, 0.29) is 6.01 Å². The van der Waals surface area contributed by atoms with Crippen LogP contribution >= 0.6 is 0 Å². The summed E-state index contributed by atoms with van der Waals surface area (Å²) in [7, 11) is 3.09. The first kappa shape index (κ1) is 16.6. The van der Waals surface area contributed by atoms with Gasteiger partial charge in [0, 0.05) is 42.0 Å². The Hall–Kier alpha value is -3.55. The molecule has 1 aliphatic carbocycles. The second-order valence-corrected chi connectivity index (χ2v) is 6.66. The van der Waals surface area contributed by atoms with Crippen LogP contribution in [0.25, 0.3) is 16.9 Å². The number of aromatic nitrogens is 6. The molecule has 0 bridgehead atoms. The lowest BCUT2D eigenvalue weighted by Gasteiger charge is -2.10. The van der Waals surface area contributed by atoms with Crippen molar-refractivity contribution in [3.63, 3.8) is 0 Å². The predicted octanol–water partition coefficient (Wildman–Crippen LogP) is 2.87. The molecule has 8 heteroatoms. The standard InChI is InChI=1S/C20H18N6O2/c1-27-19-15(11-23-20(24-19)28-2)17-10-14(18-22-7-8-26(18)25-17)12-9-13(12)16-5-3-4-6-21-16/h3-8,10-13H,9H2,1-2H3/t12-,13-/m1/s1. The van der Waals surface area contributed by atoms with Crippen LogP contribution in [0.2, 0.25) is 0 Å². The second-order valence-electron chi connectivity index (χ2n) is 6.66. The highest BCUT2D eigenvalue weighted by molar-refractivity contribution is 5.68. The summed E-state index contributed by atoms with van der Waals surface area (Å²) in [5, 5.41) is 4.68. The average molecular weight is 374 g/mol. The first-order valence-electron chi connectivity index (χ1n) is 8.99. The lowest BCUT2D eigenvalue weighted by molar-refractivity contribution is 0.353. The zero-order valence-electron chi connectivity index (χ0n) is 15.5. The lowest BCUT2D eigenvalue weighted by Crippen LogP contribution is -2.02. The zero-order valence-corrected chi connectivity index (χ0v) is 15.5. The van der Waals surface area contributed by atoms with Crippen LogP contribution in [0.5, 0.6) is 11.9 Å². The molecule has 0 aliphatic heterocycles. The van der Waals surface area contributed by atoms with Crippen molar-refractivity contribution in [3.05, 3.63) is 60.3 Å². The van der Waals surface area contributed by atoms with Gasteiger partial charge in [-0.2, -0.15) is 10.1 Å². The SMILES string of the molecule is COc1ncc(-c2cc([C@@H]3C[C@H]3c3ccccn3)c3nccn3n2)c(OC)n1. The summed E-state index contributed by atoms with van der Waals surface area (Å²) in [6.07, 6.45) is 8.15. The van der Waals surface area contributed by atoms with Gasteiger partial charge in [-0.05, 0) is 30.5 Å². The highest BCUT2D eigenvalue weighted by atomic mass is 16.5. The monoisotopic (exact) mass is 374 g/mol. The van der Waals surface area contributed by atoms with Gasteiger partial charge in [-0.3, -0.25) is 4.98 Å².